The SMILES string of the molecule is CC1(C)c2ccccc2-c2cc(-c3cccc4ccccc34)ccc21.CCC. The summed E-state index contributed by atoms with van der Waals surface area (Å²) in [5.74, 6) is 0. The van der Waals surface area contributed by atoms with Gasteiger partial charge in [0.2, 0.25) is 0 Å². The molecule has 0 bridgehead atoms. The zero-order valence-corrected chi connectivity index (χ0v) is 17.3. The fourth-order valence-electron chi connectivity index (χ4n) is 4.36. The van der Waals surface area contributed by atoms with Crippen molar-refractivity contribution in [2.45, 2.75) is 39.5 Å². The van der Waals surface area contributed by atoms with E-state index in [1.165, 1.54) is 50.6 Å². The van der Waals surface area contributed by atoms with Gasteiger partial charge in [0.25, 0.3) is 0 Å². The summed E-state index contributed by atoms with van der Waals surface area (Å²) in [6.45, 7) is 8.91. The van der Waals surface area contributed by atoms with Crippen molar-refractivity contribution >= 4 is 10.8 Å². The number of fused-ring (bicyclic) bond motifs is 4. The molecular formula is C28H28. The van der Waals surface area contributed by atoms with Crippen LogP contribution in [0.1, 0.15) is 45.2 Å². The first-order valence-corrected chi connectivity index (χ1v) is 10.3. The molecule has 4 aromatic carbocycles. The minimum Gasteiger partial charge on any atom is -0.0656 e. The second kappa shape index (κ2) is 7.28. The van der Waals surface area contributed by atoms with Crippen LogP contribution in [0.3, 0.4) is 0 Å². The van der Waals surface area contributed by atoms with Gasteiger partial charge < -0.3 is 0 Å². The quantitative estimate of drug-likeness (QED) is 0.319. The van der Waals surface area contributed by atoms with Crippen LogP contribution in [0.5, 0.6) is 0 Å². The molecular weight excluding hydrogens is 336 g/mol. The van der Waals surface area contributed by atoms with E-state index in [2.05, 4.69) is 113 Å². The summed E-state index contributed by atoms with van der Waals surface area (Å²) in [7, 11) is 0. The van der Waals surface area contributed by atoms with Crippen molar-refractivity contribution in [3.8, 4) is 22.3 Å². The highest BCUT2D eigenvalue weighted by atomic mass is 14.4. The molecule has 0 N–H and O–H groups in total. The van der Waals surface area contributed by atoms with E-state index in [1.54, 1.807) is 0 Å². The van der Waals surface area contributed by atoms with Crippen molar-refractivity contribution in [3.05, 3.63) is 96.1 Å². The topological polar surface area (TPSA) is 0 Å². The number of rotatable bonds is 1. The Kier molecular flexibility index (Phi) is 4.81. The molecule has 0 aromatic heterocycles. The molecule has 0 spiro atoms. The van der Waals surface area contributed by atoms with Crippen LogP contribution in [-0.4, -0.2) is 0 Å². The Hall–Kier alpha value is -2.86. The Morgan fingerprint density at radius 3 is 2.04 bits per heavy atom. The number of benzene rings is 4. The lowest BCUT2D eigenvalue weighted by molar-refractivity contribution is 0.660. The van der Waals surface area contributed by atoms with E-state index in [4.69, 9.17) is 0 Å². The van der Waals surface area contributed by atoms with Crippen molar-refractivity contribution in [1.29, 1.82) is 0 Å². The molecule has 0 nitrogen and oxygen atoms in total. The van der Waals surface area contributed by atoms with E-state index < -0.39 is 0 Å². The average Bonchev–Trinajstić information content (AvgIpc) is 2.95. The van der Waals surface area contributed by atoms with Gasteiger partial charge in [-0.15, -0.1) is 0 Å². The number of hydrogen-bond donors (Lipinski definition) is 0. The zero-order chi connectivity index (χ0) is 19.7. The highest BCUT2D eigenvalue weighted by Crippen LogP contribution is 2.49. The van der Waals surface area contributed by atoms with Crippen LogP contribution in [0.2, 0.25) is 0 Å². The summed E-state index contributed by atoms with van der Waals surface area (Å²) in [5.41, 5.74) is 8.29. The molecule has 0 amide bonds. The molecule has 0 radical (unpaired) electrons. The molecule has 0 aliphatic heterocycles. The molecule has 4 aromatic rings. The second-order valence-corrected chi connectivity index (χ2v) is 8.16. The van der Waals surface area contributed by atoms with Crippen molar-refractivity contribution in [3.63, 3.8) is 0 Å². The van der Waals surface area contributed by atoms with Gasteiger partial charge in [-0.05, 0) is 50.2 Å². The maximum atomic E-state index is 2.38. The highest BCUT2D eigenvalue weighted by molar-refractivity contribution is 5.98. The van der Waals surface area contributed by atoms with E-state index >= 15 is 0 Å². The fraction of sp³-hybridized carbons (Fsp3) is 0.214. The van der Waals surface area contributed by atoms with Crippen molar-refractivity contribution < 1.29 is 0 Å². The van der Waals surface area contributed by atoms with Crippen molar-refractivity contribution in [1.82, 2.24) is 0 Å². The standard InChI is InChI=1S/C25H20.C3H8/c1-25(2)23-13-6-5-11-21(23)22-16-18(14-15-24(22)25)20-12-7-9-17-8-3-4-10-19(17)20;1-3-2/h3-16H,1-2H3;3H2,1-2H3. The third-order valence-electron chi connectivity index (χ3n) is 5.68. The summed E-state index contributed by atoms with van der Waals surface area (Å²) >= 11 is 0. The molecule has 0 fully saturated rings. The Labute approximate surface area is 168 Å². The molecule has 1 aliphatic rings. The van der Waals surface area contributed by atoms with Gasteiger partial charge in [-0.3, -0.25) is 0 Å². The summed E-state index contributed by atoms with van der Waals surface area (Å²) in [6.07, 6.45) is 1.25. The van der Waals surface area contributed by atoms with E-state index in [0.29, 0.717) is 0 Å². The zero-order valence-electron chi connectivity index (χ0n) is 17.3. The molecule has 0 saturated carbocycles. The van der Waals surface area contributed by atoms with Crippen molar-refractivity contribution in [2.24, 2.45) is 0 Å². The molecule has 1 aliphatic carbocycles. The van der Waals surface area contributed by atoms with Gasteiger partial charge in [0.1, 0.15) is 0 Å². The fourth-order valence-corrected chi connectivity index (χ4v) is 4.36. The summed E-state index contributed by atoms with van der Waals surface area (Å²) < 4.78 is 0. The summed E-state index contributed by atoms with van der Waals surface area (Å²) in [4.78, 5) is 0. The molecule has 0 atom stereocenters. The minimum absolute atomic E-state index is 0.0726. The minimum atomic E-state index is 0.0726. The highest BCUT2D eigenvalue weighted by Gasteiger charge is 2.35. The molecule has 140 valence electrons. The first kappa shape index (κ1) is 18.5. The Bertz CT molecular complexity index is 1130. The Morgan fingerprint density at radius 1 is 0.607 bits per heavy atom. The van der Waals surface area contributed by atoms with Crippen LogP contribution in [-0.2, 0) is 5.41 Å². The molecule has 28 heavy (non-hydrogen) atoms. The second-order valence-electron chi connectivity index (χ2n) is 8.16. The predicted octanol–water partition coefficient (Wildman–Crippen LogP) is 8.23. The van der Waals surface area contributed by atoms with Crippen LogP contribution in [0.4, 0.5) is 0 Å². The number of hydrogen-bond acceptors (Lipinski definition) is 0. The first-order valence-electron chi connectivity index (χ1n) is 10.3. The monoisotopic (exact) mass is 364 g/mol. The third-order valence-corrected chi connectivity index (χ3v) is 5.68. The summed E-state index contributed by atoms with van der Waals surface area (Å²) in [6, 6.07) is 31.0. The van der Waals surface area contributed by atoms with Crippen LogP contribution >= 0.6 is 0 Å². The van der Waals surface area contributed by atoms with E-state index in [9.17, 15) is 0 Å². The molecule has 0 saturated heterocycles. The molecule has 0 heterocycles. The van der Waals surface area contributed by atoms with Crippen LogP contribution in [0.15, 0.2) is 84.9 Å². The smallest absolute Gasteiger partial charge is 0.0158 e. The van der Waals surface area contributed by atoms with Gasteiger partial charge in [0.05, 0.1) is 0 Å². The van der Waals surface area contributed by atoms with Crippen LogP contribution in [0.25, 0.3) is 33.0 Å². The molecule has 0 heteroatoms. The molecule has 5 rings (SSSR count). The van der Waals surface area contributed by atoms with E-state index in [0.717, 1.165) is 0 Å². The Morgan fingerprint density at radius 2 is 1.21 bits per heavy atom. The lowest BCUT2D eigenvalue weighted by Gasteiger charge is -2.21. The lowest BCUT2D eigenvalue weighted by atomic mass is 9.82. The summed E-state index contributed by atoms with van der Waals surface area (Å²) in [5, 5.41) is 2.61. The normalized spacial score (nSPS) is 13.4. The molecule has 0 unspecified atom stereocenters. The third kappa shape index (κ3) is 2.94. The predicted molar refractivity (Wildman–Crippen MR) is 123 cm³/mol. The van der Waals surface area contributed by atoms with Crippen LogP contribution < -0.4 is 0 Å². The van der Waals surface area contributed by atoms with Crippen LogP contribution in [0, 0.1) is 0 Å². The van der Waals surface area contributed by atoms with Crippen molar-refractivity contribution in [2.75, 3.05) is 0 Å². The lowest BCUT2D eigenvalue weighted by Crippen LogP contribution is -2.14. The van der Waals surface area contributed by atoms with E-state index in [1.807, 2.05) is 0 Å². The van der Waals surface area contributed by atoms with E-state index in [-0.39, 0.29) is 5.41 Å². The van der Waals surface area contributed by atoms with Gasteiger partial charge in [0.15, 0.2) is 0 Å². The van der Waals surface area contributed by atoms with Gasteiger partial charge >= 0.3 is 0 Å². The maximum Gasteiger partial charge on any atom is 0.0158 e. The Balaban J connectivity index is 0.000000604. The van der Waals surface area contributed by atoms with Gasteiger partial charge in [-0.2, -0.15) is 0 Å². The largest absolute Gasteiger partial charge is 0.0656 e. The maximum absolute atomic E-state index is 2.38. The van der Waals surface area contributed by atoms with Gasteiger partial charge in [-0.25, -0.2) is 0 Å². The first-order chi connectivity index (χ1) is 13.6. The average molecular weight is 365 g/mol. The van der Waals surface area contributed by atoms with Gasteiger partial charge in [-0.1, -0.05) is 113 Å². The van der Waals surface area contributed by atoms with Gasteiger partial charge in [0, 0.05) is 5.41 Å².